The molecule has 136 valence electrons. The van der Waals surface area contributed by atoms with Crippen LogP contribution in [0, 0.1) is 10.1 Å². The molecule has 0 atom stereocenters. The first-order valence-corrected chi connectivity index (χ1v) is 8.63. The fraction of sp³-hybridized carbons (Fsp3) is 0. The van der Waals surface area contributed by atoms with E-state index in [9.17, 15) is 14.9 Å². The summed E-state index contributed by atoms with van der Waals surface area (Å²) >= 11 is 0. The van der Waals surface area contributed by atoms with Crippen molar-refractivity contribution in [2.75, 3.05) is 0 Å². The molecule has 4 rings (SSSR count). The van der Waals surface area contributed by atoms with Crippen molar-refractivity contribution in [2.24, 2.45) is 0 Å². The summed E-state index contributed by atoms with van der Waals surface area (Å²) in [6.07, 6.45) is 3.59. The first-order valence-electron chi connectivity index (χ1n) is 8.63. The molecule has 6 nitrogen and oxygen atoms in total. The molecule has 3 aromatic carbocycles. The molecule has 0 fully saturated rings. The van der Waals surface area contributed by atoms with Crippen LogP contribution in [0.4, 0.5) is 5.69 Å². The van der Waals surface area contributed by atoms with E-state index in [4.69, 9.17) is 0 Å². The van der Waals surface area contributed by atoms with Crippen molar-refractivity contribution >= 4 is 28.7 Å². The Morgan fingerprint density at radius 3 is 2.43 bits per heavy atom. The molecule has 0 radical (unpaired) electrons. The Labute approximate surface area is 160 Å². The normalized spacial score (nSPS) is 11.1. The van der Waals surface area contributed by atoms with Gasteiger partial charge in [-0.1, -0.05) is 54.6 Å². The molecule has 6 heteroatoms. The van der Waals surface area contributed by atoms with E-state index in [1.165, 1.54) is 16.7 Å². The summed E-state index contributed by atoms with van der Waals surface area (Å²) in [7, 11) is 0. The Morgan fingerprint density at radius 2 is 1.64 bits per heavy atom. The zero-order valence-corrected chi connectivity index (χ0v) is 14.7. The lowest BCUT2D eigenvalue weighted by Gasteiger charge is -2.11. The van der Waals surface area contributed by atoms with Crippen LogP contribution in [-0.2, 0) is 0 Å². The van der Waals surface area contributed by atoms with Gasteiger partial charge in [-0.05, 0) is 29.8 Å². The average molecular weight is 369 g/mol. The van der Waals surface area contributed by atoms with Crippen LogP contribution in [0.5, 0.6) is 0 Å². The number of para-hydroxylation sites is 1. The minimum Gasteiger partial charge on any atom is -0.268 e. The van der Waals surface area contributed by atoms with E-state index in [2.05, 4.69) is 4.98 Å². The van der Waals surface area contributed by atoms with Gasteiger partial charge in [-0.2, -0.15) is 0 Å². The molecule has 4 aromatic rings. The molecule has 1 heterocycles. The second kappa shape index (κ2) is 7.28. The van der Waals surface area contributed by atoms with Crippen LogP contribution >= 0.6 is 0 Å². The summed E-state index contributed by atoms with van der Waals surface area (Å²) < 4.78 is 1.40. The van der Waals surface area contributed by atoms with Crippen molar-refractivity contribution in [3.63, 3.8) is 0 Å². The van der Waals surface area contributed by atoms with Crippen LogP contribution in [0.25, 0.3) is 28.7 Å². The topological polar surface area (TPSA) is 78.0 Å². The molecule has 0 aliphatic heterocycles. The fourth-order valence-corrected chi connectivity index (χ4v) is 2.99. The first-order chi connectivity index (χ1) is 13.6. The Balaban J connectivity index is 1.96. The maximum Gasteiger partial charge on any atom is 0.271 e. The predicted octanol–water partition coefficient (Wildman–Crippen LogP) is 4.46. The number of non-ortho nitro benzene ring substituents is 1. The number of nitrogens with zero attached hydrogens (tertiary/aromatic N) is 3. The highest BCUT2D eigenvalue weighted by Gasteiger charge is 2.13. The minimum atomic E-state index is -0.484. The summed E-state index contributed by atoms with van der Waals surface area (Å²) in [6, 6.07) is 22.7. The van der Waals surface area contributed by atoms with E-state index in [-0.39, 0.29) is 11.2 Å². The summed E-state index contributed by atoms with van der Waals surface area (Å²) in [5.41, 5.74) is 1.55. The van der Waals surface area contributed by atoms with Gasteiger partial charge in [0.15, 0.2) is 0 Å². The van der Waals surface area contributed by atoms with Crippen molar-refractivity contribution in [3.05, 3.63) is 111 Å². The highest BCUT2D eigenvalue weighted by atomic mass is 16.6. The van der Waals surface area contributed by atoms with Gasteiger partial charge < -0.3 is 0 Å². The molecule has 0 spiro atoms. The van der Waals surface area contributed by atoms with Crippen LogP contribution < -0.4 is 5.56 Å². The maximum absolute atomic E-state index is 13.2. The van der Waals surface area contributed by atoms with E-state index in [0.29, 0.717) is 22.4 Å². The Hall–Kier alpha value is -4.06. The zero-order chi connectivity index (χ0) is 19.5. The number of fused-ring (bicyclic) bond motifs is 1. The zero-order valence-electron chi connectivity index (χ0n) is 14.7. The van der Waals surface area contributed by atoms with Gasteiger partial charge in [0.05, 0.1) is 21.5 Å². The fourth-order valence-electron chi connectivity index (χ4n) is 2.99. The Morgan fingerprint density at radius 1 is 0.893 bits per heavy atom. The second-order valence-electron chi connectivity index (χ2n) is 6.15. The van der Waals surface area contributed by atoms with Gasteiger partial charge in [0, 0.05) is 12.1 Å². The van der Waals surface area contributed by atoms with Crippen molar-refractivity contribution in [3.8, 4) is 5.69 Å². The molecule has 0 bridgehead atoms. The van der Waals surface area contributed by atoms with Gasteiger partial charge in [-0.15, -0.1) is 0 Å². The van der Waals surface area contributed by atoms with Gasteiger partial charge in [-0.3, -0.25) is 19.5 Å². The molecule has 0 N–H and O–H groups in total. The third-order valence-corrected chi connectivity index (χ3v) is 4.32. The summed E-state index contributed by atoms with van der Waals surface area (Å²) in [6.45, 7) is 0. The smallest absolute Gasteiger partial charge is 0.268 e. The maximum atomic E-state index is 13.2. The lowest BCUT2D eigenvalue weighted by atomic mass is 10.2. The van der Waals surface area contributed by atoms with E-state index in [1.807, 2.05) is 42.5 Å². The van der Waals surface area contributed by atoms with Crippen LogP contribution in [0.2, 0.25) is 0 Å². The third-order valence-electron chi connectivity index (χ3n) is 4.32. The van der Waals surface area contributed by atoms with Gasteiger partial charge in [-0.25, -0.2) is 4.98 Å². The molecule has 0 aliphatic carbocycles. The van der Waals surface area contributed by atoms with Crippen LogP contribution in [0.1, 0.15) is 11.4 Å². The van der Waals surface area contributed by atoms with Crippen LogP contribution in [0.15, 0.2) is 83.7 Å². The monoisotopic (exact) mass is 369 g/mol. The van der Waals surface area contributed by atoms with Crippen molar-refractivity contribution in [2.45, 2.75) is 0 Å². The summed E-state index contributed by atoms with van der Waals surface area (Å²) in [5.74, 6) is 0.396. The van der Waals surface area contributed by atoms with Crippen LogP contribution in [0.3, 0.4) is 0 Å². The van der Waals surface area contributed by atoms with Gasteiger partial charge in [0.25, 0.3) is 11.2 Å². The van der Waals surface area contributed by atoms with E-state index in [0.717, 1.165) is 5.56 Å². The van der Waals surface area contributed by atoms with Crippen LogP contribution in [-0.4, -0.2) is 14.5 Å². The molecule has 1 aromatic heterocycles. The van der Waals surface area contributed by atoms with Gasteiger partial charge in [0.2, 0.25) is 0 Å². The lowest BCUT2D eigenvalue weighted by Crippen LogP contribution is -2.22. The van der Waals surface area contributed by atoms with Gasteiger partial charge >= 0.3 is 0 Å². The number of rotatable bonds is 4. The number of benzene rings is 3. The standard InChI is InChI=1S/C22H15N3O3/c26-22-19-11-4-5-12-20(19)23-21(14-13-16-7-2-1-3-8-16)24(22)17-9-6-10-18(15-17)25(27)28/h1-15H/b14-13+. The quantitative estimate of drug-likeness (QED) is 0.393. The number of hydrogen-bond acceptors (Lipinski definition) is 4. The summed E-state index contributed by atoms with van der Waals surface area (Å²) in [4.78, 5) is 28.5. The number of nitro groups is 1. The molecule has 28 heavy (non-hydrogen) atoms. The molecular weight excluding hydrogens is 354 g/mol. The third kappa shape index (κ3) is 3.31. The Bertz CT molecular complexity index is 1260. The minimum absolute atomic E-state index is 0.0875. The average Bonchev–Trinajstić information content (AvgIpc) is 2.73. The van der Waals surface area contributed by atoms with E-state index < -0.39 is 4.92 Å². The highest BCUT2D eigenvalue weighted by molar-refractivity contribution is 5.80. The number of hydrogen-bond donors (Lipinski definition) is 0. The van der Waals surface area contributed by atoms with E-state index >= 15 is 0 Å². The largest absolute Gasteiger partial charge is 0.271 e. The molecular formula is C22H15N3O3. The first kappa shape index (κ1) is 17.4. The highest BCUT2D eigenvalue weighted by Crippen LogP contribution is 2.19. The lowest BCUT2D eigenvalue weighted by molar-refractivity contribution is -0.384. The van der Waals surface area contributed by atoms with Crippen molar-refractivity contribution in [1.29, 1.82) is 0 Å². The molecule has 0 unspecified atom stereocenters. The van der Waals surface area contributed by atoms with Crippen molar-refractivity contribution in [1.82, 2.24) is 9.55 Å². The van der Waals surface area contributed by atoms with Gasteiger partial charge in [0.1, 0.15) is 5.82 Å². The molecule has 0 aliphatic rings. The number of nitro benzene ring substituents is 1. The predicted molar refractivity (Wildman–Crippen MR) is 109 cm³/mol. The van der Waals surface area contributed by atoms with E-state index in [1.54, 1.807) is 36.4 Å². The Kier molecular flexibility index (Phi) is 4.51. The summed E-state index contributed by atoms with van der Waals surface area (Å²) in [5, 5.41) is 11.6. The molecule has 0 saturated heterocycles. The number of aromatic nitrogens is 2. The SMILES string of the molecule is O=c1c2ccccc2nc(/C=C/c2ccccc2)n1-c1cccc([N+](=O)[O-])c1. The molecule has 0 saturated carbocycles. The molecule has 0 amide bonds. The van der Waals surface area contributed by atoms with Crippen molar-refractivity contribution < 1.29 is 4.92 Å². The second-order valence-corrected chi connectivity index (χ2v) is 6.15.